The van der Waals surface area contributed by atoms with E-state index in [0.29, 0.717) is 25.6 Å². The van der Waals surface area contributed by atoms with Crippen molar-refractivity contribution in [3.05, 3.63) is 35.1 Å². The monoisotopic (exact) mass is 342 g/mol. The summed E-state index contributed by atoms with van der Waals surface area (Å²) in [4.78, 5) is 1.98. The molecule has 1 aliphatic heterocycles. The summed E-state index contributed by atoms with van der Waals surface area (Å²) in [6.07, 6.45) is -4.26. The molecule has 1 fully saturated rings. The van der Waals surface area contributed by atoms with Gasteiger partial charge in [-0.1, -0.05) is 6.07 Å². The van der Waals surface area contributed by atoms with Crippen LogP contribution >= 0.6 is 12.4 Å². The molecule has 1 aromatic carbocycles. The lowest BCUT2D eigenvalue weighted by Gasteiger charge is -2.35. The van der Waals surface area contributed by atoms with Crippen molar-refractivity contribution < 1.29 is 22.7 Å². The number of piperazine rings is 1. The smallest absolute Gasteiger partial charge is 0.396 e. The molecule has 0 bridgehead atoms. The predicted molar refractivity (Wildman–Crippen MR) is 77.5 cm³/mol. The summed E-state index contributed by atoms with van der Waals surface area (Å²) in [5.41, 5.74) is -0.786. The molecule has 0 radical (unpaired) electrons. The summed E-state index contributed by atoms with van der Waals surface area (Å²) < 4.78 is 51.8. The van der Waals surface area contributed by atoms with E-state index in [1.54, 1.807) is 0 Å². The summed E-state index contributed by atoms with van der Waals surface area (Å²) >= 11 is 0. The number of halogens is 5. The van der Waals surface area contributed by atoms with E-state index in [1.165, 1.54) is 6.07 Å². The minimum absolute atomic E-state index is 0. The van der Waals surface area contributed by atoms with Crippen LogP contribution in [-0.2, 0) is 6.18 Å². The predicted octanol–water partition coefficient (Wildman–Crippen LogP) is 2.60. The summed E-state index contributed by atoms with van der Waals surface area (Å²) in [7, 11) is 0. The number of aliphatic hydroxyl groups excluding tert-OH is 1. The number of rotatable bonds is 4. The van der Waals surface area contributed by atoms with Gasteiger partial charge in [-0.25, -0.2) is 4.39 Å². The number of aliphatic hydroxyl groups is 1. The summed E-state index contributed by atoms with van der Waals surface area (Å²) in [5.74, 6) is -0.873. The van der Waals surface area contributed by atoms with Crippen LogP contribution in [0.5, 0.6) is 0 Å². The second-order valence-electron chi connectivity index (χ2n) is 5.05. The Kier molecular flexibility index (Phi) is 7.05. The molecule has 2 rings (SSSR count). The highest BCUT2D eigenvalue weighted by Gasteiger charge is 2.32. The zero-order valence-corrected chi connectivity index (χ0v) is 12.7. The summed E-state index contributed by atoms with van der Waals surface area (Å²) in [5, 5.41) is 12.3. The molecule has 0 spiro atoms. The van der Waals surface area contributed by atoms with Gasteiger partial charge in [0.1, 0.15) is 5.82 Å². The molecule has 0 aliphatic carbocycles. The summed E-state index contributed by atoms with van der Waals surface area (Å²) in [6, 6.07) is 2.20. The Balaban J connectivity index is 0.00000242. The van der Waals surface area contributed by atoms with Crippen LogP contribution in [-0.4, -0.2) is 42.8 Å². The molecular formula is C14H19ClF4N2O. The van der Waals surface area contributed by atoms with Crippen molar-refractivity contribution >= 4 is 12.4 Å². The highest BCUT2D eigenvalue weighted by atomic mass is 35.5. The van der Waals surface area contributed by atoms with Gasteiger partial charge in [0.25, 0.3) is 0 Å². The first kappa shape index (κ1) is 19.2. The summed E-state index contributed by atoms with van der Waals surface area (Å²) in [6.45, 7) is 2.68. The molecule has 1 aromatic rings. The van der Waals surface area contributed by atoms with Crippen molar-refractivity contribution in [1.29, 1.82) is 0 Å². The van der Waals surface area contributed by atoms with Crippen LogP contribution in [0.4, 0.5) is 17.6 Å². The Hall–Kier alpha value is -0.890. The van der Waals surface area contributed by atoms with Gasteiger partial charge in [0.15, 0.2) is 0 Å². The number of nitrogens with zero attached hydrogens (tertiary/aromatic N) is 1. The molecule has 1 saturated heterocycles. The van der Waals surface area contributed by atoms with Crippen LogP contribution in [0.15, 0.2) is 18.2 Å². The highest BCUT2D eigenvalue weighted by Crippen LogP contribution is 2.33. The third kappa shape index (κ3) is 4.55. The Morgan fingerprint density at radius 2 is 1.86 bits per heavy atom. The number of benzene rings is 1. The van der Waals surface area contributed by atoms with E-state index in [9.17, 15) is 17.6 Å². The van der Waals surface area contributed by atoms with E-state index in [0.717, 1.165) is 19.2 Å². The van der Waals surface area contributed by atoms with Crippen molar-refractivity contribution in [2.45, 2.75) is 18.6 Å². The van der Waals surface area contributed by atoms with Crippen LogP contribution < -0.4 is 5.32 Å². The second-order valence-corrected chi connectivity index (χ2v) is 5.05. The molecule has 1 heterocycles. The molecule has 0 aromatic heterocycles. The van der Waals surface area contributed by atoms with E-state index in [2.05, 4.69) is 5.32 Å². The van der Waals surface area contributed by atoms with Gasteiger partial charge in [0.05, 0.1) is 5.56 Å². The lowest BCUT2D eigenvalue weighted by molar-refractivity contribution is -0.137. The van der Waals surface area contributed by atoms with Gasteiger partial charge in [-0.3, -0.25) is 4.90 Å². The second kappa shape index (κ2) is 8.10. The molecule has 2 N–H and O–H groups in total. The van der Waals surface area contributed by atoms with Crippen molar-refractivity contribution in [1.82, 2.24) is 10.2 Å². The first-order valence-electron chi connectivity index (χ1n) is 6.85. The average molecular weight is 343 g/mol. The Labute approximate surface area is 132 Å². The van der Waals surface area contributed by atoms with Crippen LogP contribution in [0.25, 0.3) is 0 Å². The molecule has 0 amide bonds. The van der Waals surface area contributed by atoms with E-state index < -0.39 is 23.6 Å². The van der Waals surface area contributed by atoms with Gasteiger partial charge in [0.2, 0.25) is 0 Å². The maximum absolute atomic E-state index is 14.1. The lowest BCUT2D eigenvalue weighted by atomic mass is 9.99. The molecule has 22 heavy (non-hydrogen) atoms. The van der Waals surface area contributed by atoms with Gasteiger partial charge < -0.3 is 10.4 Å². The lowest BCUT2D eigenvalue weighted by Crippen LogP contribution is -2.45. The molecule has 1 aliphatic rings. The minimum atomic E-state index is -4.55. The fraction of sp³-hybridized carbons (Fsp3) is 0.571. The third-order valence-corrected chi connectivity index (χ3v) is 3.68. The van der Waals surface area contributed by atoms with Gasteiger partial charge >= 0.3 is 6.18 Å². The zero-order chi connectivity index (χ0) is 15.5. The first-order valence-corrected chi connectivity index (χ1v) is 6.85. The maximum atomic E-state index is 14.1. The van der Waals surface area contributed by atoms with Crippen molar-refractivity contribution in [3.63, 3.8) is 0 Å². The third-order valence-electron chi connectivity index (χ3n) is 3.68. The number of hydrogen-bond acceptors (Lipinski definition) is 3. The zero-order valence-electron chi connectivity index (χ0n) is 11.9. The van der Waals surface area contributed by atoms with Crippen LogP contribution in [0, 0.1) is 5.82 Å². The van der Waals surface area contributed by atoms with E-state index in [4.69, 9.17) is 5.11 Å². The molecule has 3 nitrogen and oxygen atoms in total. The van der Waals surface area contributed by atoms with Crippen LogP contribution in [0.3, 0.4) is 0 Å². The maximum Gasteiger partial charge on any atom is 0.416 e. The molecular weight excluding hydrogens is 324 g/mol. The van der Waals surface area contributed by atoms with Gasteiger partial charge in [-0.05, 0) is 18.6 Å². The molecule has 8 heteroatoms. The molecule has 1 atom stereocenters. The molecule has 0 saturated carbocycles. The number of alkyl halides is 3. The molecule has 126 valence electrons. The van der Waals surface area contributed by atoms with E-state index in [-0.39, 0.29) is 24.6 Å². The first-order chi connectivity index (χ1) is 9.93. The molecule has 0 unspecified atom stereocenters. The van der Waals surface area contributed by atoms with Crippen molar-refractivity contribution in [2.24, 2.45) is 0 Å². The van der Waals surface area contributed by atoms with Crippen molar-refractivity contribution in [2.75, 3.05) is 32.8 Å². The Morgan fingerprint density at radius 3 is 2.36 bits per heavy atom. The van der Waals surface area contributed by atoms with Gasteiger partial charge in [0, 0.05) is 44.4 Å². The quantitative estimate of drug-likeness (QED) is 0.826. The Bertz CT molecular complexity index is 478. The largest absolute Gasteiger partial charge is 0.416 e. The normalized spacial score (nSPS) is 17.9. The van der Waals surface area contributed by atoms with Crippen LogP contribution in [0.2, 0.25) is 0 Å². The number of hydrogen-bond donors (Lipinski definition) is 2. The van der Waals surface area contributed by atoms with Crippen molar-refractivity contribution in [3.8, 4) is 0 Å². The average Bonchev–Trinajstić information content (AvgIpc) is 2.45. The Morgan fingerprint density at radius 1 is 1.23 bits per heavy atom. The van der Waals surface area contributed by atoms with E-state index in [1.807, 2.05) is 4.90 Å². The highest BCUT2D eigenvalue weighted by molar-refractivity contribution is 5.85. The fourth-order valence-corrected chi connectivity index (χ4v) is 2.62. The fourth-order valence-electron chi connectivity index (χ4n) is 2.62. The minimum Gasteiger partial charge on any atom is -0.396 e. The van der Waals surface area contributed by atoms with Crippen LogP contribution in [0.1, 0.15) is 23.6 Å². The standard InChI is InChI=1S/C14H18F4N2O.ClH/c15-12-9-10(14(16,17)18)1-2-11(12)13(3-8-21)20-6-4-19-5-7-20;/h1-2,9,13,19,21H,3-8H2;1H/t13-;/m0./s1. The van der Waals surface area contributed by atoms with Gasteiger partial charge in [-0.15, -0.1) is 12.4 Å². The SMILES string of the molecule is Cl.OCC[C@@H](c1ccc(C(F)(F)F)cc1F)N1CCNCC1. The topological polar surface area (TPSA) is 35.5 Å². The number of nitrogens with one attached hydrogen (secondary N) is 1. The van der Waals surface area contributed by atoms with Gasteiger partial charge in [-0.2, -0.15) is 13.2 Å². The van der Waals surface area contributed by atoms with E-state index >= 15 is 0 Å².